The Labute approximate surface area is 112 Å². The number of carboxylic acids is 1. The highest BCUT2D eigenvalue weighted by Gasteiger charge is 2.26. The van der Waals surface area contributed by atoms with Gasteiger partial charge in [0, 0.05) is 12.0 Å². The second-order valence-electron chi connectivity index (χ2n) is 4.88. The summed E-state index contributed by atoms with van der Waals surface area (Å²) < 4.78 is 2.05. The summed E-state index contributed by atoms with van der Waals surface area (Å²) in [6, 6.07) is 0. The van der Waals surface area contributed by atoms with Crippen molar-refractivity contribution in [2.75, 3.05) is 5.75 Å². The first-order valence-electron chi connectivity index (χ1n) is 6.20. The Kier molecular flexibility index (Phi) is 5.19. The molecule has 0 fully saturated rings. The number of rotatable bonds is 7. The summed E-state index contributed by atoms with van der Waals surface area (Å²) in [5.41, 5.74) is -0.0375. The molecule has 0 aliphatic heterocycles. The van der Waals surface area contributed by atoms with E-state index in [2.05, 4.69) is 42.5 Å². The van der Waals surface area contributed by atoms with Crippen LogP contribution < -0.4 is 0 Å². The molecule has 0 aliphatic rings. The number of hydrogen-bond acceptors (Lipinski definition) is 4. The van der Waals surface area contributed by atoms with Gasteiger partial charge in [-0.2, -0.15) is 0 Å². The summed E-state index contributed by atoms with van der Waals surface area (Å²) in [6.45, 7) is 9.31. The van der Waals surface area contributed by atoms with Crippen LogP contribution in [0.1, 0.15) is 46.4 Å². The maximum absolute atomic E-state index is 10.6. The molecule has 0 saturated carbocycles. The SMILES string of the molecule is CCCn1c(SCC(=O)O)nnc1C(C)(C)CC. The summed E-state index contributed by atoms with van der Waals surface area (Å²) in [5, 5.41) is 17.8. The molecular formula is C12H21N3O2S. The van der Waals surface area contributed by atoms with E-state index in [1.54, 1.807) is 0 Å². The van der Waals surface area contributed by atoms with Crippen LogP contribution in [0, 0.1) is 0 Å². The first-order valence-corrected chi connectivity index (χ1v) is 7.19. The standard InChI is InChI=1S/C12H21N3O2S/c1-5-7-15-10(12(3,4)6-2)13-14-11(15)18-8-9(16)17/h5-8H2,1-4H3,(H,16,17). The summed E-state index contributed by atoms with van der Waals surface area (Å²) >= 11 is 1.23. The lowest BCUT2D eigenvalue weighted by molar-refractivity contribution is -0.133. The van der Waals surface area contributed by atoms with Crippen molar-refractivity contribution in [3.8, 4) is 0 Å². The summed E-state index contributed by atoms with van der Waals surface area (Å²) in [7, 11) is 0. The Morgan fingerprint density at radius 1 is 1.39 bits per heavy atom. The monoisotopic (exact) mass is 271 g/mol. The number of carboxylic acid groups (broad SMARTS) is 1. The number of nitrogens with zero attached hydrogens (tertiary/aromatic N) is 3. The Bertz CT molecular complexity index is 415. The van der Waals surface area contributed by atoms with E-state index >= 15 is 0 Å². The van der Waals surface area contributed by atoms with E-state index in [1.165, 1.54) is 11.8 Å². The molecule has 1 aromatic heterocycles. The van der Waals surface area contributed by atoms with Gasteiger partial charge in [-0.3, -0.25) is 4.79 Å². The fourth-order valence-corrected chi connectivity index (χ4v) is 2.29. The van der Waals surface area contributed by atoms with Crippen molar-refractivity contribution in [2.45, 2.75) is 57.7 Å². The fraction of sp³-hybridized carbons (Fsp3) is 0.750. The van der Waals surface area contributed by atoms with Gasteiger partial charge >= 0.3 is 5.97 Å². The maximum Gasteiger partial charge on any atom is 0.313 e. The second-order valence-corrected chi connectivity index (χ2v) is 5.82. The molecule has 1 rings (SSSR count). The highest BCUT2D eigenvalue weighted by atomic mass is 32.2. The minimum Gasteiger partial charge on any atom is -0.481 e. The third-order valence-electron chi connectivity index (χ3n) is 2.98. The molecule has 6 heteroatoms. The molecule has 102 valence electrons. The molecule has 5 nitrogen and oxygen atoms in total. The van der Waals surface area contributed by atoms with Crippen molar-refractivity contribution < 1.29 is 9.90 Å². The number of aliphatic carboxylic acids is 1. The molecule has 0 aliphatic carbocycles. The molecule has 1 N–H and O–H groups in total. The Morgan fingerprint density at radius 2 is 2.06 bits per heavy atom. The van der Waals surface area contributed by atoms with E-state index in [9.17, 15) is 4.79 Å². The van der Waals surface area contributed by atoms with Crippen molar-refractivity contribution >= 4 is 17.7 Å². The van der Waals surface area contributed by atoms with Crippen LogP contribution in [0.2, 0.25) is 0 Å². The van der Waals surface area contributed by atoms with Crippen LogP contribution in [0.4, 0.5) is 0 Å². The first-order chi connectivity index (χ1) is 8.42. The van der Waals surface area contributed by atoms with Crippen molar-refractivity contribution in [3.63, 3.8) is 0 Å². The zero-order valence-electron chi connectivity index (χ0n) is 11.4. The average Bonchev–Trinajstić information content (AvgIpc) is 2.71. The third kappa shape index (κ3) is 3.48. The molecule has 0 saturated heterocycles. The quantitative estimate of drug-likeness (QED) is 0.772. The third-order valence-corrected chi connectivity index (χ3v) is 3.93. The molecule has 0 amide bonds. The van der Waals surface area contributed by atoms with Gasteiger partial charge in [0.15, 0.2) is 5.16 Å². The molecule has 0 radical (unpaired) electrons. The maximum atomic E-state index is 10.6. The number of aromatic nitrogens is 3. The second kappa shape index (κ2) is 6.22. The van der Waals surface area contributed by atoms with Crippen LogP contribution in [-0.2, 0) is 16.8 Å². The number of hydrogen-bond donors (Lipinski definition) is 1. The van der Waals surface area contributed by atoms with Gasteiger partial charge in [-0.15, -0.1) is 10.2 Å². The molecule has 0 bridgehead atoms. The Morgan fingerprint density at radius 3 is 2.56 bits per heavy atom. The van der Waals surface area contributed by atoms with Crippen LogP contribution >= 0.6 is 11.8 Å². The lowest BCUT2D eigenvalue weighted by atomic mass is 9.89. The van der Waals surface area contributed by atoms with Crippen molar-refractivity contribution in [1.82, 2.24) is 14.8 Å². The van der Waals surface area contributed by atoms with Crippen molar-refractivity contribution in [1.29, 1.82) is 0 Å². The van der Waals surface area contributed by atoms with Gasteiger partial charge in [-0.05, 0) is 12.8 Å². The van der Waals surface area contributed by atoms with Crippen LogP contribution in [0.25, 0.3) is 0 Å². The topological polar surface area (TPSA) is 68.0 Å². The molecule has 1 aromatic rings. The number of carbonyl (C=O) groups is 1. The minimum absolute atomic E-state index is 0.0222. The van der Waals surface area contributed by atoms with E-state index in [4.69, 9.17) is 5.11 Å². The van der Waals surface area contributed by atoms with Gasteiger partial charge in [0.05, 0.1) is 5.75 Å². The summed E-state index contributed by atoms with van der Waals surface area (Å²) in [6.07, 6.45) is 1.95. The zero-order chi connectivity index (χ0) is 13.8. The molecule has 0 unspecified atom stereocenters. The van der Waals surface area contributed by atoms with Gasteiger partial charge in [-0.25, -0.2) is 0 Å². The van der Waals surface area contributed by atoms with Gasteiger partial charge in [-0.1, -0.05) is 39.5 Å². The molecule has 0 spiro atoms. The molecular weight excluding hydrogens is 250 g/mol. The van der Waals surface area contributed by atoms with Crippen molar-refractivity contribution in [2.24, 2.45) is 0 Å². The van der Waals surface area contributed by atoms with E-state index in [1.807, 2.05) is 0 Å². The predicted octanol–water partition coefficient (Wildman–Crippen LogP) is 2.55. The minimum atomic E-state index is -0.831. The first kappa shape index (κ1) is 15.0. The van der Waals surface area contributed by atoms with E-state index in [0.717, 1.165) is 25.2 Å². The fourth-order valence-electron chi connectivity index (χ4n) is 1.61. The lowest BCUT2D eigenvalue weighted by Crippen LogP contribution is -2.22. The average molecular weight is 271 g/mol. The number of thioether (sulfide) groups is 1. The Balaban J connectivity index is 3.02. The molecule has 18 heavy (non-hydrogen) atoms. The summed E-state index contributed by atoms with van der Waals surface area (Å²) in [5.74, 6) is 0.135. The molecule has 0 aromatic carbocycles. The highest BCUT2D eigenvalue weighted by Crippen LogP contribution is 2.28. The predicted molar refractivity (Wildman–Crippen MR) is 72.0 cm³/mol. The molecule has 1 heterocycles. The van der Waals surface area contributed by atoms with Gasteiger partial charge < -0.3 is 9.67 Å². The lowest BCUT2D eigenvalue weighted by Gasteiger charge is -2.22. The van der Waals surface area contributed by atoms with Crippen LogP contribution in [0.15, 0.2) is 5.16 Å². The Hall–Kier alpha value is -1.04. The highest BCUT2D eigenvalue weighted by molar-refractivity contribution is 7.99. The normalized spacial score (nSPS) is 11.8. The van der Waals surface area contributed by atoms with Crippen molar-refractivity contribution in [3.05, 3.63) is 5.82 Å². The van der Waals surface area contributed by atoms with Crippen LogP contribution in [-0.4, -0.2) is 31.6 Å². The largest absolute Gasteiger partial charge is 0.481 e. The van der Waals surface area contributed by atoms with Gasteiger partial charge in [0.25, 0.3) is 0 Å². The van der Waals surface area contributed by atoms with Gasteiger partial charge in [0.2, 0.25) is 0 Å². The van der Waals surface area contributed by atoms with E-state index in [0.29, 0.717) is 5.16 Å². The van der Waals surface area contributed by atoms with E-state index in [-0.39, 0.29) is 11.2 Å². The molecule has 0 atom stereocenters. The smallest absolute Gasteiger partial charge is 0.313 e. The zero-order valence-corrected chi connectivity index (χ0v) is 12.3. The van der Waals surface area contributed by atoms with Gasteiger partial charge in [0.1, 0.15) is 5.82 Å². The summed E-state index contributed by atoms with van der Waals surface area (Å²) in [4.78, 5) is 10.6. The van der Waals surface area contributed by atoms with E-state index < -0.39 is 5.97 Å². The van der Waals surface area contributed by atoms with Crippen LogP contribution in [0.3, 0.4) is 0 Å². The van der Waals surface area contributed by atoms with Crippen LogP contribution in [0.5, 0.6) is 0 Å².